The van der Waals surface area contributed by atoms with Crippen molar-refractivity contribution in [2.75, 3.05) is 0 Å². The minimum Gasteiger partial charge on any atom is -0.548 e. The molecule has 0 amide bonds. The van der Waals surface area contributed by atoms with Gasteiger partial charge in [-0.1, -0.05) is 11.6 Å². The molecule has 4 nitrogen and oxygen atoms in total. The maximum atomic E-state index is 10.4. The third-order valence-corrected chi connectivity index (χ3v) is 2.06. The molecule has 1 rings (SSSR count). The van der Waals surface area contributed by atoms with Gasteiger partial charge in [-0.3, -0.25) is 4.68 Å². The molecule has 0 saturated carbocycles. The van der Waals surface area contributed by atoms with E-state index in [2.05, 4.69) is 5.10 Å². The zero-order chi connectivity index (χ0) is 9.30. The lowest BCUT2D eigenvalue weighted by molar-refractivity contribution is -0.310. The number of rotatable bonds is 2. The van der Waals surface area contributed by atoms with Crippen LogP contribution in [0.5, 0.6) is 0 Å². The van der Waals surface area contributed by atoms with Crippen LogP contribution in [0.2, 0.25) is 5.02 Å². The van der Waals surface area contributed by atoms with E-state index in [9.17, 15) is 9.90 Å². The molecule has 0 spiro atoms. The van der Waals surface area contributed by atoms with E-state index >= 15 is 0 Å². The SMILES string of the molecule is Cc1c(Cl)cnn1[C@@H](C)C(=O)[O-]. The van der Waals surface area contributed by atoms with Gasteiger partial charge in [-0.15, -0.1) is 0 Å². The number of halogens is 1. The van der Waals surface area contributed by atoms with Crippen LogP contribution in [0.15, 0.2) is 6.20 Å². The minimum atomic E-state index is -1.17. The Morgan fingerprint density at radius 3 is 2.75 bits per heavy atom. The van der Waals surface area contributed by atoms with Gasteiger partial charge in [-0.2, -0.15) is 5.10 Å². The fraction of sp³-hybridized carbons (Fsp3) is 0.429. The number of hydrogen-bond donors (Lipinski definition) is 0. The minimum absolute atomic E-state index is 0.461. The van der Waals surface area contributed by atoms with Crippen LogP contribution in [-0.4, -0.2) is 15.7 Å². The second kappa shape index (κ2) is 3.15. The van der Waals surface area contributed by atoms with Gasteiger partial charge >= 0.3 is 0 Å². The molecular formula is C7H8ClN2O2-. The second-order valence-corrected chi connectivity index (χ2v) is 2.92. The topological polar surface area (TPSA) is 58.0 Å². The lowest BCUT2D eigenvalue weighted by atomic mass is 10.3. The van der Waals surface area contributed by atoms with Gasteiger partial charge in [-0.25, -0.2) is 0 Å². The highest BCUT2D eigenvalue weighted by atomic mass is 35.5. The third kappa shape index (κ3) is 1.43. The van der Waals surface area contributed by atoms with Crippen LogP contribution >= 0.6 is 11.6 Å². The summed E-state index contributed by atoms with van der Waals surface area (Å²) in [6.45, 7) is 3.19. The average molecular weight is 188 g/mol. The highest BCUT2D eigenvalue weighted by Crippen LogP contribution is 2.16. The first-order valence-corrected chi connectivity index (χ1v) is 3.82. The Kier molecular flexibility index (Phi) is 2.38. The Balaban J connectivity index is 3.03. The lowest BCUT2D eigenvalue weighted by Crippen LogP contribution is -2.32. The molecule has 12 heavy (non-hydrogen) atoms. The molecular weight excluding hydrogens is 180 g/mol. The standard InChI is InChI=1S/C7H9ClN2O2/c1-4-6(8)3-9-10(4)5(2)7(11)12/h3,5H,1-2H3,(H,11,12)/p-1/t5-/m0/s1. The van der Waals surface area contributed by atoms with E-state index in [1.807, 2.05) is 0 Å². The fourth-order valence-corrected chi connectivity index (χ4v) is 1.02. The number of carbonyl (C=O) groups excluding carboxylic acids is 1. The smallest absolute Gasteiger partial charge is 0.0888 e. The van der Waals surface area contributed by atoms with E-state index < -0.39 is 12.0 Å². The quantitative estimate of drug-likeness (QED) is 0.663. The van der Waals surface area contributed by atoms with Gasteiger partial charge in [0.1, 0.15) is 0 Å². The van der Waals surface area contributed by atoms with E-state index in [4.69, 9.17) is 11.6 Å². The summed E-state index contributed by atoms with van der Waals surface area (Å²) < 4.78 is 1.32. The van der Waals surface area contributed by atoms with Crippen molar-refractivity contribution < 1.29 is 9.90 Å². The zero-order valence-electron chi connectivity index (χ0n) is 6.74. The molecule has 0 N–H and O–H groups in total. The summed E-state index contributed by atoms with van der Waals surface area (Å²) >= 11 is 5.68. The molecule has 0 aliphatic heterocycles. The predicted molar refractivity (Wildman–Crippen MR) is 41.7 cm³/mol. The monoisotopic (exact) mass is 187 g/mol. The first-order chi connectivity index (χ1) is 5.54. The first-order valence-electron chi connectivity index (χ1n) is 3.44. The molecule has 5 heteroatoms. The van der Waals surface area contributed by atoms with Crippen molar-refractivity contribution in [2.45, 2.75) is 19.9 Å². The number of nitrogens with zero attached hydrogens (tertiary/aromatic N) is 2. The Bertz CT molecular complexity index is 308. The summed E-state index contributed by atoms with van der Waals surface area (Å²) in [6, 6.07) is -0.780. The molecule has 0 aromatic carbocycles. The van der Waals surface area contributed by atoms with Gasteiger partial charge in [0, 0.05) is 0 Å². The molecule has 1 aromatic rings. The Hall–Kier alpha value is -1.03. The van der Waals surface area contributed by atoms with Crippen molar-refractivity contribution in [1.29, 1.82) is 0 Å². The maximum absolute atomic E-state index is 10.4. The number of hydrogen-bond acceptors (Lipinski definition) is 3. The highest BCUT2D eigenvalue weighted by Gasteiger charge is 2.10. The summed E-state index contributed by atoms with van der Waals surface area (Å²) in [6.07, 6.45) is 1.41. The molecule has 1 atom stereocenters. The van der Waals surface area contributed by atoms with Gasteiger partial charge in [0.15, 0.2) is 0 Å². The molecule has 0 aliphatic carbocycles. The molecule has 1 heterocycles. The van der Waals surface area contributed by atoms with Crippen molar-refractivity contribution in [2.24, 2.45) is 0 Å². The van der Waals surface area contributed by atoms with Crippen LogP contribution in [0.25, 0.3) is 0 Å². The van der Waals surface area contributed by atoms with Gasteiger partial charge in [0.05, 0.1) is 28.9 Å². The fourth-order valence-electron chi connectivity index (χ4n) is 0.893. The highest BCUT2D eigenvalue weighted by molar-refractivity contribution is 6.31. The van der Waals surface area contributed by atoms with Crippen LogP contribution in [-0.2, 0) is 4.79 Å². The normalized spacial score (nSPS) is 12.9. The first kappa shape index (κ1) is 9.06. The third-order valence-electron chi connectivity index (χ3n) is 1.69. The number of carbonyl (C=O) groups is 1. The van der Waals surface area contributed by atoms with Crippen molar-refractivity contribution in [3.05, 3.63) is 16.9 Å². The molecule has 0 saturated heterocycles. The molecule has 0 fully saturated rings. The number of aliphatic carboxylic acids is 1. The Labute approximate surface area is 74.8 Å². The summed E-state index contributed by atoms with van der Waals surface area (Å²) in [5.41, 5.74) is 0.633. The number of carboxylic acid groups (broad SMARTS) is 1. The van der Waals surface area contributed by atoms with Gasteiger partial charge < -0.3 is 9.90 Å². The van der Waals surface area contributed by atoms with Gasteiger partial charge in [0.2, 0.25) is 0 Å². The molecule has 66 valence electrons. The number of aromatic nitrogens is 2. The second-order valence-electron chi connectivity index (χ2n) is 2.52. The summed E-state index contributed by atoms with van der Waals surface area (Å²) in [7, 11) is 0. The van der Waals surface area contributed by atoms with Crippen molar-refractivity contribution >= 4 is 17.6 Å². The van der Waals surface area contributed by atoms with Gasteiger partial charge in [-0.05, 0) is 13.8 Å². The predicted octanol–water partition coefficient (Wildman–Crippen LogP) is 0.156. The molecule has 0 radical (unpaired) electrons. The van der Waals surface area contributed by atoms with Crippen molar-refractivity contribution in [3.63, 3.8) is 0 Å². The van der Waals surface area contributed by atoms with Gasteiger partial charge in [0.25, 0.3) is 0 Å². The number of carboxylic acids is 1. The Morgan fingerprint density at radius 2 is 2.42 bits per heavy atom. The van der Waals surface area contributed by atoms with E-state index in [0.717, 1.165) is 0 Å². The van der Waals surface area contributed by atoms with E-state index in [1.165, 1.54) is 17.8 Å². The summed E-state index contributed by atoms with van der Waals surface area (Å²) in [5.74, 6) is -1.17. The van der Waals surface area contributed by atoms with E-state index in [-0.39, 0.29) is 0 Å². The zero-order valence-corrected chi connectivity index (χ0v) is 7.50. The van der Waals surface area contributed by atoms with Crippen LogP contribution in [0.3, 0.4) is 0 Å². The Morgan fingerprint density at radius 1 is 1.83 bits per heavy atom. The maximum Gasteiger partial charge on any atom is 0.0888 e. The molecule has 0 unspecified atom stereocenters. The van der Waals surface area contributed by atoms with Crippen LogP contribution in [0.1, 0.15) is 18.7 Å². The van der Waals surface area contributed by atoms with Crippen molar-refractivity contribution in [1.82, 2.24) is 9.78 Å². The average Bonchev–Trinajstić information content (AvgIpc) is 2.32. The molecule has 1 aromatic heterocycles. The lowest BCUT2D eigenvalue weighted by Gasteiger charge is -2.14. The van der Waals surface area contributed by atoms with Crippen LogP contribution in [0, 0.1) is 6.92 Å². The van der Waals surface area contributed by atoms with Crippen LogP contribution < -0.4 is 5.11 Å². The summed E-state index contributed by atoms with van der Waals surface area (Å²) in [5, 5.41) is 14.7. The largest absolute Gasteiger partial charge is 0.548 e. The molecule has 0 aliphatic rings. The van der Waals surface area contributed by atoms with Crippen LogP contribution in [0.4, 0.5) is 0 Å². The van der Waals surface area contributed by atoms with E-state index in [1.54, 1.807) is 6.92 Å². The van der Waals surface area contributed by atoms with E-state index in [0.29, 0.717) is 10.7 Å². The van der Waals surface area contributed by atoms with Crippen molar-refractivity contribution in [3.8, 4) is 0 Å². The molecule has 0 bridgehead atoms. The summed E-state index contributed by atoms with van der Waals surface area (Å²) in [4.78, 5) is 10.4.